The number of nitrogens with zero attached hydrogens (tertiary/aromatic N) is 1. The number of hydrogen-bond donors (Lipinski definition) is 0. The summed E-state index contributed by atoms with van der Waals surface area (Å²) in [4.78, 5) is 40.8. The van der Waals surface area contributed by atoms with Gasteiger partial charge in [0.2, 0.25) is 0 Å². The molecule has 0 saturated carbocycles. The zero-order chi connectivity index (χ0) is 47.1. The third-order valence-corrected chi connectivity index (χ3v) is 11.5. The number of carbonyl (C=O) groups excluding carboxylic acids is 3. The fourth-order valence-electron chi connectivity index (χ4n) is 7.41. The molecule has 2 unspecified atom stereocenters. The lowest BCUT2D eigenvalue weighted by Crippen LogP contribution is -2.37. The van der Waals surface area contributed by atoms with Crippen molar-refractivity contribution in [3.05, 3.63) is 24.3 Å². The first-order valence-electron chi connectivity index (χ1n) is 26.2. The topological polar surface area (TPSA) is 110 Å². The van der Waals surface area contributed by atoms with Gasteiger partial charge < -0.3 is 33.3 Å². The van der Waals surface area contributed by atoms with E-state index in [4.69, 9.17) is 28.4 Å². The molecule has 10 heteroatoms. The molecule has 0 aromatic heterocycles. The number of esters is 2. The quantitative estimate of drug-likeness (QED) is 0.0147. The van der Waals surface area contributed by atoms with Crippen LogP contribution in [0.4, 0.5) is 4.79 Å². The number of hydrogen-bond acceptors (Lipinski definition) is 10. The minimum absolute atomic E-state index is 0.0405. The number of rotatable bonds is 40. The lowest BCUT2D eigenvalue weighted by molar-refractivity contribution is -0.155. The van der Waals surface area contributed by atoms with Crippen molar-refractivity contribution in [1.29, 1.82) is 0 Å². The van der Waals surface area contributed by atoms with Crippen molar-refractivity contribution >= 4 is 18.1 Å². The second-order valence-electron chi connectivity index (χ2n) is 17.6. The summed E-state index contributed by atoms with van der Waals surface area (Å²) in [5.41, 5.74) is 0. The van der Waals surface area contributed by atoms with Gasteiger partial charge in [0.1, 0.15) is 33.0 Å². The van der Waals surface area contributed by atoms with Crippen LogP contribution in [0.5, 0.6) is 0 Å². The monoisotopic (exact) mass is 912 g/mol. The third kappa shape index (κ3) is 39.6. The normalized spacial score (nSPS) is 14.5. The number of ether oxygens (including phenoxy) is 6. The predicted octanol–water partition coefficient (Wildman–Crippen LogP) is 13.3. The average Bonchev–Trinajstić information content (AvgIpc) is 3.32. The molecule has 2 atom stereocenters. The van der Waals surface area contributed by atoms with Crippen molar-refractivity contribution in [2.75, 3.05) is 59.3 Å². The number of piperidine rings is 1. The number of allylic oxidation sites excluding steroid dienone is 4. The van der Waals surface area contributed by atoms with Crippen LogP contribution in [0.2, 0.25) is 0 Å². The fourth-order valence-corrected chi connectivity index (χ4v) is 7.41. The third-order valence-electron chi connectivity index (χ3n) is 11.5. The lowest BCUT2D eigenvalue weighted by atomic mass is 9.99. The van der Waals surface area contributed by atoms with E-state index in [9.17, 15) is 14.4 Å². The highest BCUT2D eigenvalue weighted by Gasteiger charge is 2.23. The average molecular weight is 912 g/mol. The maximum absolute atomic E-state index is 13.0. The highest BCUT2D eigenvalue weighted by atomic mass is 16.7. The Kier molecular flexibility index (Phi) is 42.1. The summed E-state index contributed by atoms with van der Waals surface area (Å²) in [6, 6.07) is 0. The SMILES string of the molecule is CCCCC/C=C\C/C=C\CCCCCCCC(=O)OCC(COC(=O)CCC(OCC#CCCCCCCC)OCC#CCCCCCCC)COC(=O)OCC1CCCN(CC)C1. The van der Waals surface area contributed by atoms with Crippen molar-refractivity contribution in [2.45, 2.75) is 214 Å². The molecule has 1 heterocycles. The fraction of sp³-hybridized carbons (Fsp3) is 0.800. The first-order valence-corrected chi connectivity index (χ1v) is 26.2. The van der Waals surface area contributed by atoms with Gasteiger partial charge in [-0.1, -0.05) is 147 Å². The molecule has 0 N–H and O–H groups in total. The molecule has 0 spiro atoms. The van der Waals surface area contributed by atoms with E-state index >= 15 is 0 Å². The molecule has 65 heavy (non-hydrogen) atoms. The van der Waals surface area contributed by atoms with Crippen molar-refractivity contribution in [1.82, 2.24) is 4.90 Å². The molecule has 1 rings (SSSR count). The van der Waals surface area contributed by atoms with Crippen LogP contribution in [0.15, 0.2) is 24.3 Å². The summed E-state index contributed by atoms with van der Waals surface area (Å²) < 4.78 is 34.0. The summed E-state index contributed by atoms with van der Waals surface area (Å²) in [6.45, 7) is 12.2. The van der Waals surface area contributed by atoms with Gasteiger partial charge in [0.05, 0.1) is 18.9 Å². The van der Waals surface area contributed by atoms with E-state index in [0.29, 0.717) is 6.42 Å². The summed E-state index contributed by atoms with van der Waals surface area (Å²) in [7, 11) is 0. The van der Waals surface area contributed by atoms with E-state index < -0.39 is 24.3 Å². The van der Waals surface area contributed by atoms with E-state index in [2.05, 4.69) is 80.6 Å². The Balaban J connectivity index is 2.63. The van der Waals surface area contributed by atoms with Crippen LogP contribution in [-0.4, -0.2) is 88.6 Å². The summed E-state index contributed by atoms with van der Waals surface area (Å²) in [6.07, 6.45) is 36.1. The molecule has 0 bridgehead atoms. The van der Waals surface area contributed by atoms with Gasteiger partial charge in [-0.05, 0) is 77.3 Å². The van der Waals surface area contributed by atoms with Crippen molar-refractivity contribution < 1.29 is 42.8 Å². The molecule has 1 fully saturated rings. The Morgan fingerprint density at radius 2 is 1.11 bits per heavy atom. The van der Waals surface area contributed by atoms with Gasteiger partial charge in [0.15, 0.2) is 6.29 Å². The summed E-state index contributed by atoms with van der Waals surface area (Å²) >= 11 is 0. The molecule has 0 aromatic carbocycles. The second kappa shape index (κ2) is 45.8. The van der Waals surface area contributed by atoms with Gasteiger partial charge in [-0.3, -0.25) is 9.59 Å². The van der Waals surface area contributed by atoms with Gasteiger partial charge in [-0.15, -0.1) is 11.8 Å². The second-order valence-corrected chi connectivity index (χ2v) is 17.6. The molecule has 10 nitrogen and oxygen atoms in total. The maximum Gasteiger partial charge on any atom is 0.508 e. The maximum atomic E-state index is 13.0. The van der Waals surface area contributed by atoms with E-state index in [1.807, 2.05) is 0 Å². The van der Waals surface area contributed by atoms with Gasteiger partial charge in [-0.2, -0.15) is 0 Å². The summed E-state index contributed by atoms with van der Waals surface area (Å²) in [5.74, 6) is 11.5. The van der Waals surface area contributed by atoms with Gasteiger partial charge in [-0.25, -0.2) is 4.79 Å². The van der Waals surface area contributed by atoms with Gasteiger partial charge in [0.25, 0.3) is 0 Å². The minimum Gasteiger partial charge on any atom is -0.465 e. The largest absolute Gasteiger partial charge is 0.508 e. The molecular formula is C55H93NO9. The molecular weight excluding hydrogens is 819 g/mol. The Labute approximate surface area is 397 Å². The first kappa shape index (κ1) is 59.7. The Morgan fingerprint density at radius 1 is 0.585 bits per heavy atom. The molecule has 0 aromatic rings. The zero-order valence-corrected chi connectivity index (χ0v) is 41.8. The van der Waals surface area contributed by atoms with Crippen LogP contribution in [0, 0.1) is 35.5 Å². The highest BCUT2D eigenvalue weighted by Crippen LogP contribution is 2.17. The number of unbranched alkanes of at least 4 members (excludes halogenated alkanes) is 18. The minimum atomic E-state index is -0.775. The Morgan fingerprint density at radius 3 is 1.72 bits per heavy atom. The van der Waals surface area contributed by atoms with Gasteiger partial charge >= 0.3 is 18.1 Å². The van der Waals surface area contributed by atoms with Crippen LogP contribution in [-0.2, 0) is 38.0 Å². The van der Waals surface area contributed by atoms with Crippen LogP contribution >= 0.6 is 0 Å². The van der Waals surface area contributed by atoms with Crippen LogP contribution in [0.25, 0.3) is 0 Å². The van der Waals surface area contributed by atoms with Crippen molar-refractivity contribution in [2.24, 2.45) is 11.8 Å². The first-order chi connectivity index (χ1) is 31.9. The van der Waals surface area contributed by atoms with E-state index in [-0.39, 0.29) is 64.4 Å². The zero-order valence-electron chi connectivity index (χ0n) is 41.8. The van der Waals surface area contributed by atoms with Crippen LogP contribution in [0.1, 0.15) is 207 Å². The van der Waals surface area contributed by atoms with Crippen LogP contribution < -0.4 is 0 Å². The Hall–Kier alpha value is -3.31. The number of carbonyl (C=O) groups is 3. The standard InChI is InChI=1S/C55H93NO9/c1-5-9-12-15-18-21-22-23-24-25-26-27-28-31-34-39-52(57)62-47-51(49-65-55(59)64-46-50-38-37-42-56(8-4)45-50)48-63-53(58)40-41-54(60-43-35-32-29-19-16-13-10-6-2)61-44-36-33-30-20-17-14-11-7-3/h18,21,23-24,50-51,54H,5-17,19-20,22,25-31,34,37-49H2,1-4H3/b21-18-,24-23-. The van der Waals surface area contributed by atoms with E-state index in [1.165, 1.54) is 77.0 Å². The summed E-state index contributed by atoms with van der Waals surface area (Å²) in [5, 5.41) is 0. The molecule has 1 aliphatic rings. The predicted molar refractivity (Wildman–Crippen MR) is 264 cm³/mol. The van der Waals surface area contributed by atoms with Crippen molar-refractivity contribution in [3.8, 4) is 23.7 Å². The molecule has 372 valence electrons. The smallest absolute Gasteiger partial charge is 0.465 e. The van der Waals surface area contributed by atoms with E-state index in [1.54, 1.807) is 0 Å². The number of likely N-dealkylation sites (tertiary alicyclic amines) is 1. The van der Waals surface area contributed by atoms with Gasteiger partial charge in [0, 0.05) is 38.1 Å². The molecule has 1 saturated heterocycles. The highest BCUT2D eigenvalue weighted by molar-refractivity contribution is 5.69. The molecule has 0 amide bonds. The van der Waals surface area contributed by atoms with Crippen molar-refractivity contribution in [3.63, 3.8) is 0 Å². The lowest BCUT2D eigenvalue weighted by Gasteiger charge is -2.31. The molecule has 0 radical (unpaired) electrons. The Bertz CT molecular complexity index is 1310. The molecule has 0 aliphatic carbocycles. The van der Waals surface area contributed by atoms with E-state index in [0.717, 1.165) is 103 Å². The molecule has 1 aliphatic heterocycles. The van der Waals surface area contributed by atoms with Crippen LogP contribution in [0.3, 0.4) is 0 Å².